The number of hydrogen-bond acceptors (Lipinski definition) is 4. The third kappa shape index (κ3) is 3.28. The molecule has 0 radical (unpaired) electrons. The van der Waals surface area contributed by atoms with Crippen molar-refractivity contribution in [2.45, 2.75) is 18.4 Å². The maximum atomic E-state index is 10.6. The number of hydrogen-bond donors (Lipinski definition) is 2. The molecule has 0 bridgehead atoms. The molecule has 3 rings (SSSR count). The zero-order valence-corrected chi connectivity index (χ0v) is 12.9. The molecule has 0 amide bonds. The Morgan fingerprint density at radius 2 is 2.10 bits per heavy atom. The summed E-state index contributed by atoms with van der Waals surface area (Å²) in [7, 11) is 2.09. The van der Waals surface area contributed by atoms with Gasteiger partial charge >= 0.3 is 0 Å². The number of anilines is 1. The minimum Gasteiger partial charge on any atom is -0.388 e. The Morgan fingerprint density at radius 1 is 1.33 bits per heavy atom. The topological polar surface area (TPSA) is 48.4 Å². The Bertz CT molecular complexity index is 638. The van der Waals surface area contributed by atoms with Gasteiger partial charge in [-0.15, -0.1) is 0 Å². The first kappa shape index (κ1) is 14.6. The number of nitrogens with one attached hydrogen (secondary N) is 1. The van der Waals surface area contributed by atoms with Crippen LogP contribution >= 0.6 is 11.6 Å². The van der Waals surface area contributed by atoms with Gasteiger partial charge in [0.05, 0.1) is 11.1 Å². The second-order valence-corrected chi connectivity index (χ2v) is 6.34. The van der Waals surface area contributed by atoms with Gasteiger partial charge < -0.3 is 15.3 Å². The molecule has 0 saturated carbocycles. The van der Waals surface area contributed by atoms with Crippen LogP contribution in [0.4, 0.5) is 5.69 Å². The van der Waals surface area contributed by atoms with Crippen LogP contribution in [-0.2, 0) is 0 Å². The van der Waals surface area contributed by atoms with Crippen LogP contribution in [0.2, 0.25) is 5.02 Å². The van der Waals surface area contributed by atoms with E-state index in [-0.39, 0.29) is 0 Å². The highest BCUT2D eigenvalue weighted by Crippen LogP contribution is 2.27. The molecule has 0 unspecified atom stereocenters. The highest BCUT2D eigenvalue weighted by Gasteiger charge is 2.30. The van der Waals surface area contributed by atoms with E-state index in [1.807, 2.05) is 24.3 Å². The minimum absolute atomic E-state index is 0.558. The van der Waals surface area contributed by atoms with E-state index in [1.54, 1.807) is 6.20 Å². The molecule has 1 saturated heterocycles. The second kappa shape index (κ2) is 5.79. The molecule has 1 aromatic heterocycles. The number of aliphatic hydroxyl groups is 1. The van der Waals surface area contributed by atoms with Crippen molar-refractivity contribution in [1.29, 1.82) is 0 Å². The number of rotatable bonds is 3. The second-order valence-electron chi connectivity index (χ2n) is 5.90. The fourth-order valence-electron chi connectivity index (χ4n) is 2.75. The Morgan fingerprint density at radius 3 is 2.86 bits per heavy atom. The van der Waals surface area contributed by atoms with Gasteiger partial charge in [0.25, 0.3) is 0 Å². The van der Waals surface area contributed by atoms with E-state index in [0.717, 1.165) is 42.5 Å². The molecular formula is C16H20ClN3O. The largest absolute Gasteiger partial charge is 0.388 e. The minimum atomic E-state index is -0.630. The standard InChI is InChI=1S/C16H20ClN3O/c1-20-8-5-16(21,6-9-20)11-19-14-4-7-18-15-10-12(17)2-3-13(14)15/h2-4,7,10,21H,5-6,8-9,11H2,1H3,(H,18,19). The van der Waals surface area contributed by atoms with Crippen molar-refractivity contribution in [2.24, 2.45) is 0 Å². The zero-order valence-electron chi connectivity index (χ0n) is 12.1. The number of aromatic nitrogens is 1. The number of pyridine rings is 1. The molecule has 2 heterocycles. The Hall–Kier alpha value is -1.36. The molecule has 0 spiro atoms. The predicted molar refractivity (Wildman–Crippen MR) is 86.9 cm³/mol. The number of piperidine rings is 1. The van der Waals surface area contributed by atoms with Crippen molar-refractivity contribution >= 4 is 28.2 Å². The Labute approximate surface area is 129 Å². The van der Waals surface area contributed by atoms with Gasteiger partial charge in [0.1, 0.15) is 0 Å². The van der Waals surface area contributed by atoms with Crippen molar-refractivity contribution in [3.05, 3.63) is 35.5 Å². The average molecular weight is 306 g/mol. The molecule has 0 atom stereocenters. The quantitative estimate of drug-likeness (QED) is 0.915. The van der Waals surface area contributed by atoms with E-state index in [2.05, 4.69) is 22.2 Å². The van der Waals surface area contributed by atoms with Crippen molar-refractivity contribution in [1.82, 2.24) is 9.88 Å². The SMILES string of the molecule is CN1CCC(O)(CNc2ccnc3cc(Cl)ccc23)CC1. The first-order chi connectivity index (χ1) is 10.1. The molecule has 0 aliphatic carbocycles. The van der Waals surface area contributed by atoms with E-state index in [0.29, 0.717) is 11.6 Å². The first-order valence-electron chi connectivity index (χ1n) is 7.25. The average Bonchev–Trinajstić information content (AvgIpc) is 2.48. The highest BCUT2D eigenvalue weighted by atomic mass is 35.5. The molecule has 1 aliphatic rings. The molecule has 21 heavy (non-hydrogen) atoms. The zero-order chi connectivity index (χ0) is 14.9. The summed E-state index contributed by atoms with van der Waals surface area (Å²) in [6.45, 7) is 2.43. The summed E-state index contributed by atoms with van der Waals surface area (Å²) < 4.78 is 0. The van der Waals surface area contributed by atoms with Gasteiger partial charge in [-0.1, -0.05) is 11.6 Å². The van der Waals surface area contributed by atoms with Crippen LogP contribution in [0.3, 0.4) is 0 Å². The van der Waals surface area contributed by atoms with Gasteiger partial charge in [-0.2, -0.15) is 0 Å². The molecule has 112 valence electrons. The molecule has 5 heteroatoms. The summed E-state index contributed by atoms with van der Waals surface area (Å²) in [6.07, 6.45) is 3.36. The third-order valence-electron chi connectivity index (χ3n) is 4.23. The van der Waals surface area contributed by atoms with Crippen LogP contribution in [0, 0.1) is 0 Å². The van der Waals surface area contributed by atoms with Crippen LogP contribution in [-0.4, -0.2) is 47.3 Å². The third-order valence-corrected chi connectivity index (χ3v) is 4.47. The molecule has 2 N–H and O–H groups in total. The van der Waals surface area contributed by atoms with Gasteiger partial charge in [-0.05, 0) is 44.2 Å². The first-order valence-corrected chi connectivity index (χ1v) is 7.63. The molecule has 1 fully saturated rings. The van der Waals surface area contributed by atoms with Gasteiger partial charge in [-0.25, -0.2) is 0 Å². The Kier molecular flexibility index (Phi) is 4.02. The van der Waals surface area contributed by atoms with Crippen molar-refractivity contribution in [3.8, 4) is 0 Å². The summed E-state index contributed by atoms with van der Waals surface area (Å²) in [4.78, 5) is 6.58. The fourth-order valence-corrected chi connectivity index (χ4v) is 2.91. The Balaban J connectivity index is 1.76. The molecule has 1 aromatic carbocycles. The molecular weight excluding hydrogens is 286 g/mol. The molecule has 1 aliphatic heterocycles. The van der Waals surface area contributed by atoms with Crippen LogP contribution in [0.15, 0.2) is 30.5 Å². The van der Waals surface area contributed by atoms with Crippen LogP contribution in [0.1, 0.15) is 12.8 Å². The van der Waals surface area contributed by atoms with E-state index in [9.17, 15) is 5.11 Å². The van der Waals surface area contributed by atoms with Gasteiger partial charge in [0.2, 0.25) is 0 Å². The summed E-state index contributed by atoms with van der Waals surface area (Å²) in [5, 5.41) is 15.7. The van der Waals surface area contributed by atoms with Gasteiger partial charge in [-0.3, -0.25) is 4.98 Å². The predicted octanol–water partition coefficient (Wildman–Crippen LogP) is 2.76. The van der Waals surface area contributed by atoms with E-state index in [1.165, 1.54) is 0 Å². The van der Waals surface area contributed by atoms with Gasteiger partial charge in [0, 0.05) is 41.9 Å². The van der Waals surface area contributed by atoms with Crippen molar-refractivity contribution in [3.63, 3.8) is 0 Å². The fraction of sp³-hybridized carbons (Fsp3) is 0.438. The highest BCUT2D eigenvalue weighted by molar-refractivity contribution is 6.31. The maximum absolute atomic E-state index is 10.6. The lowest BCUT2D eigenvalue weighted by Gasteiger charge is -2.36. The van der Waals surface area contributed by atoms with Crippen LogP contribution in [0.25, 0.3) is 10.9 Å². The molecule has 4 nitrogen and oxygen atoms in total. The van der Waals surface area contributed by atoms with Crippen LogP contribution in [0.5, 0.6) is 0 Å². The maximum Gasteiger partial charge on any atom is 0.0843 e. The molecule has 2 aromatic rings. The summed E-state index contributed by atoms with van der Waals surface area (Å²) in [5.74, 6) is 0. The number of benzene rings is 1. The van der Waals surface area contributed by atoms with Crippen LogP contribution < -0.4 is 5.32 Å². The summed E-state index contributed by atoms with van der Waals surface area (Å²) >= 11 is 6.00. The lowest BCUT2D eigenvalue weighted by Crippen LogP contribution is -2.47. The van der Waals surface area contributed by atoms with Crippen molar-refractivity contribution < 1.29 is 5.11 Å². The number of halogens is 1. The van der Waals surface area contributed by atoms with E-state index < -0.39 is 5.60 Å². The van der Waals surface area contributed by atoms with Gasteiger partial charge in [0.15, 0.2) is 0 Å². The monoisotopic (exact) mass is 305 g/mol. The van der Waals surface area contributed by atoms with Crippen molar-refractivity contribution in [2.75, 3.05) is 32.0 Å². The number of likely N-dealkylation sites (tertiary alicyclic amines) is 1. The normalized spacial score (nSPS) is 18.8. The lowest BCUT2D eigenvalue weighted by atomic mass is 9.91. The summed E-state index contributed by atoms with van der Waals surface area (Å²) in [6, 6.07) is 7.62. The smallest absolute Gasteiger partial charge is 0.0843 e. The van der Waals surface area contributed by atoms with E-state index in [4.69, 9.17) is 11.6 Å². The number of nitrogens with zero attached hydrogens (tertiary/aromatic N) is 2. The lowest BCUT2D eigenvalue weighted by molar-refractivity contribution is -0.00401. The summed E-state index contributed by atoms with van der Waals surface area (Å²) in [5.41, 5.74) is 1.22. The van der Waals surface area contributed by atoms with E-state index >= 15 is 0 Å². The number of fused-ring (bicyclic) bond motifs is 1.